The van der Waals surface area contributed by atoms with Crippen LogP contribution in [0.2, 0.25) is 0 Å². The maximum Gasteiger partial charge on any atom is 0.291 e. The van der Waals surface area contributed by atoms with Crippen LogP contribution in [-0.2, 0) is 11.2 Å². The van der Waals surface area contributed by atoms with Gasteiger partial charge in [0.05, 0.1) is 19.8 Å². The van der Waals surface area contributed by atoms with Crippen molar-refractivity contribution in [2.45, 2.75) is 6.42 Å². The lowest BCUT2D eigenvalue weighted by molar-refractivity contribution is -0.115. The summed E-state index contributed by atoms with van der Waals surface area (Å²) in [6, 6.07) is 17.5. The maximum absolute atomic E-state index is 12.2. The Morgan fingerprint density at radius 2 is 1.69 bits per heavy atom. The zero-order chi connectivity index (χ0) is 18.4. The predicted octanol–water partition coefficient (Wildman–Crippen LogP) is 3.72. The van der Waals surface area contributed by atoms with Crippen LogP contribution in [0.3, 0.4) is 0 Å². The molecule has 0 radical (unpaired) electrons. The molecule has 0 aliphatic rings. The molecule has 6 nitrogen and oxygen atoms in total. The lowest BCUT2D eigenvalue weighted by atomic mass is 10.1. The van der Waals surface area contributed by atoms with E-state index in [1.165, 1.54) is 6.26 Å². The smallest absolute Gasteiger partial charge is 0.291 e. The number of carbonyl (C=O) groups is 2. The van der Waals surface area contributed by atoms with Gasteiger partial charge in [-0.3, -0.25) is 9.59 Å². The van der Waals surface area contributed by atoms with Crippen molar-refractivity contribution in [1.29, 1.82) is 0 Å². The highest BCUT2D eigenvalue weighted by atomic mass is 16.5. The summed E-state index contributed by atoms with van der Waals surface area (Å²) in [6.45, 7) is 0. The highest BCUT2D eigenvalue weighted by molar-refractivity contribution is 6.02. The fourth-order valence-electron chi connectivity index (χ4n) is 2.41. The molecule has 2 N–H and O–H groups in total. The van der Waals surface area contributed by atoms with Crippen LogP contribution < -0.4 is 15.4 Å². The van der Waals surface area contributed by atoms with Crippen molar-refractivity contribution < 1.29 is 18.7 Å². The first-order valence-corrected chi connectivity index (χ1v) is 8.02. The van der Waals surface area contributed by atoms with Crippen molar-refractivity contribution in [2.75, 3.05) is 17.7 Å². The zero-order valence-electron chi connectivity index (χ0n) is 14.2. The van der Waals surface area contributed by atoms with Gasteiger partial charge in [-0.25, -0.2) is 0 Å². The van der Waals surface area contributed by atoms with Crippen LogP contribution >= 0.6 is 0 Å². The summed E-state index contributed by atoms with van der Waals surface area (Å²) in [5.41, 5.74) is 2.04. The third-order valence-corrected chi connectivity index (χ3v) is 3.67. The zero-order valence-corrected chi connectivity index (χ0v) is 14.2. The number of anilines is 2. The number of nitrogens with one attached hydrogen (secondary N) is 2. The molecule has 6 heteroatoms. The molecule has 0 spiro atoms. The molecule has 0 saturated carbocycles. The molecule has 0 aliphatic carbocycles. The molecule has 1 heterocycles. The molecule has 0 bridgehead atoms. The molecular weight excluding hydrogens is 332 g/mol. The number of rotatable bonds is 6. The minimum Gasteiger partial charge on any atom is -0.497 e. The minimum absolute atomic E-state index is 0.148. The molecule has 132 valence electrons. The number of methoxy groups -OCH3 is 1. The van der Waals surface area contributed by atoms with Gasteiger partial charge in [0.15, 0.2) is 5.76 Å². The Morgan fingerprint density at radius 1 is 0.962 bits per heavy atom. The van der Waals surface area contributed by atoms with Gasteiger partial charge in [0.25, 0.3) is 5.91 Å². The van der Waals surface area contributed by atoms with E-state index in [1.807, 2.05) is 24.3 Å². The van der Waals surface area contributed by atoms with Gasteiger partial charge in [0.1, 0.15) is 5.75 Å². The second-order valence-electron chi connectivity index (χ2n) is 5.59. The number of hydrogen-bond acceptors (Lipinski definition) is 4. The fourth-order valence-corrected chi connectivity index (χ4v) is 2.41. The topological polar surface area (TPSA) is 80.6 Å². The first kappa shape index (κ1) is 17.3. The van der Waals surface area contributed by atoms with Crippen LogP contribution in [0.25, 0.3) is 0 Å². The molecule has 3 rings (SSSR count). The third kappa shape index (κ3) is 4.51. The molecule has 2 aromatic carbocycles. The monoisotopic (exact) mass is 350 g/mol. The van der Waals surface area contributed by atoms with Gasteiger partial charge in [-0.1, -0.05) is 18.2 Å². The van der Waals surface area contributed by atoms with Gasteiger partial charge in [-0.2, -0.15) is 0 Å². The van der Waals surface area contributed by atoms with Crippen LogP contribution in [0.1, 0.15) is 16.1 Å². The predicted molar refractivity (Wildman–Crippen MR) is 98.4 cm³/mol. The van der Waals surface area contributed by atoms with E-state index in [0.717, 1.165) is 11.3 Å². The van der Waals surface area contributed by atoms with Gasteiger partial charge in [0, 0.05) is 11.4 Å². The Morgan fingerprint density at radius 3 is 2.35 bits per heavy atom. The van der Waals surface area contributed by atoms with Crippen molar-refractivity contribution in [3.05, 3.63) is 78.3 Å². The van der Waals surface area contributed by atoms with E-state index < -0.39 is 0 Å². The molecule has 3 aromatic rings. The molecular formula is C20H18N2O4. The Kier molecular flexibility index (Phi) is 5.34. The van der Waals surface area contributed by atoms with E-state index in [4.69, 9.17) is 9.15 Å². The average molecular weight is 350 g/mol. The second-order valence-corrected chi connectivity index (χ2v) is 5.59. The van der Waals surface area contributed by atoms with Gasteiger partial charge < -0.3 is 19.8 Å². The van der Waals surface area contributed by atoms with Crippen LogP contribution in [-0.4, -0.2) is 18.9 Å². The van der Waals surface area contributed by atoms with E-state index in [0.29, 0.717) is 11.4 Å². The van der Waals surface area contributed by atoms with E-state index in [1.54, 1.807) is 43.5 Å². The molecule has 0 aliphatic heterocycles. The molecule has 1 aromatic heterocycles. The Balaban J connectivity index is 1.60. The number of hydrogen-bond donors (Lipinski definition) is 2. The van der Waals surface area contributed by atoms with Gasteiger partial charge in [0.2, 0.25) is 5.91 Å². The Labute approximate surface area is 150 Å². The summed E-state index contributed by atoms with van der Waals surface area (Å²) in [4.78, 5) is 24.2. The summed E-state index contributed by atoms with van der Waals surface area (Å²) in [7, 11) is 1.60. The molecule has 0 fully saturated rings. The van der Waals surface area contributed by atoms with Gasteiger partial charge in [-0.15, -0.1) is 0 Å². The van der Waals surface area contributed by atoms with Gasteiger partial charge in [-0.05, 0) is 48.0 Å². The van der Waals surface area contributed by atoms with E-state index in [9.17, 15) is 9.59 Å². The number of amides is 2. The number of carbonyl (C=O) groups excluding carboxylic acids is 2. The summed E-state index contributed by atoms with van der Waals surface area (Å²) in [5, 5.41) is 5.54. The third-order valence-electron chi connectivity index (χ3n) is 3.67. The number of ether oxygens (including phenoxy) is 1. The standard InChI is InChI=1S/C20H18N2O4/c1-25-17-9-7-14(8-10-17)12-19(23)21-15-4-2-5-16(13-15)22-20(24)18-6-3-11-26-18/h2-11,13H,12H2,1H3,(H,21,23)(H,22,24). The van der Waals surface area contributed by atoms with Crippen LogP contribution in [0.5, 0.6) is 5.75 Å². The Bertz CT molecular complexity index is 886. The largest absolute Gasteiger partial charge is 0.497 e. The highest BCUT2D eigenvalue weighted by Gasteiger charge is 2.10. The lowest BCUT2D eigenvalue weighted by Gasteiger charge is -2.09. The van der Waals surface area contributed by atoms with E-state index in [-0.39, 0.29) is 24.0 Å². The quantitative estimate of drug-likeness (QED) is 0.710. The summed E-state index contributed by atoms with van der Waals surface area (Å²) < 4.78 is 10.2. The van der Waals surface area contributed by atoms with E-state index in [2.05, 4.69) is 10.6 Å². The van der Waals surface area contributed by atoms with Crippen LogP contribution in [0, 0.1) is 0 Å². The van der Waals surface area contributed by atoms with Crippen molar-refractivity contribution in [3.8, 4) is 5.75 Å². The first-order valence-electron chi connectivity index (χ1n) is 8.02. The fraction of sp³-hybridized carbons (Fsp3) is 0.100. The van der Waals surface area contributed by atoms with Crippen LogP contribution in [0.15, 0.2) is 71.3 Å². The van der Waals surface area contributed by atoms with Crippen molar-refractivity contribution in [2.24, 2.45) is 0 Å². The van der Waals surface area contributed by atoms with Crippen molar-refractivity contribution >= 4 is 23.2 Å². The van der Waals surface area contributed by atoms with Gasteiger partial charge >= 0.3 is 0 Å². The molecule has 0 saturated heterocycles. The number of furan rings is 1. The highest BCUT2D eigenvalue weighted by Crippen LogP contribution is 2.17. The maximum atomic E-state index is 12.2. The average Bonchev–Trinajstić information content (AvgIpc) is 3.17. The second kappa shape index (κ2) is 8.02. The SMILES string of the molecule is COc1ccc(CC(=O)Nc2cccc(NC(=O)c3ccco3)c2)cc1. The normalized spacial score (nSPS) is 10.2. The van der Waals surface area contributed by atoms with Crippen molar-refractivity contribution in [3.63, 3.8) is 0 Å². The lowest BCUT2D eigenvalue weighted by Crippen LogP contribution is -2.15. The molecule has 0 unspecified atom stereocenters. The molecule has 2 amide bonds. The van der Waals surface area contributed by atoms with Crippen LogP contribution in [0.4, 0.5) is 11.4 Å². The summed E-state index contributed by atoms with van der Waals surface area (Å²) in [5.74, 6) is 0.467. The molecule has 0 atom stereocenters. The van der Waals surface area contributed by atoms with Crippen molar-refractivity contribution in [1.82, 2.24) is 0 Å². The number of benzene rings is 2. The van der Waals surface area contributed by atoms with E-state index >= 15 is 0 Å². The molecule has 26 heavy (non-hydrogen) atoms. The minimum atomic E-state index is -0.350. The summed E-state index contributed by atoms with van der Waals surface area (Å²) >= 11 is 0. The summed E-state index contributed by atoms with van der Waals surface area (Å²) in [6.07, 6.45) is 1.68. The Hall–Kier alpha value is -3.54. The first-order chi connectivity index (χ1) is 12.6.